The van der Waals surface area contributed by atoms with E-state index in [9.17, 15) is 9.59 Å². The summed E-state index contributed by atoms with van der Waals surface area (Å²) >= 11 is 6.21. The second kappa shape index (κ2) is 5.09. The van der Waals surface area contributed by atoms with Gasteiger partial charge in [-0.25, -0.2) is 0 Å². The lowest BCUT2D eigenvalue weighted by Gasteiger charge is -2.32. The van der Waals surface area contributed by atoms with Gasteiger partial charge in [-0.1, -0.05) is 23.7 Å². The number of aryl methyl sites for hydroxylation is 1. The largest absolute Gasteiger partial charge is 0.342 e. The predicted octanol–water partition coefficient (Wildman–Crippen LogP) is 1.89. The van der Waals surface area contributed by atoms with E-state index in [0.29, 0.717) is 17.5 Å². The van der Waals surface area contributed by atoms with Crippen LogP contribution in [0.4, 0.5) is 0 Å². The molecule has 1 atom stereocenters. The zero-order valence-electron chi connectivity index (χ0n) is 11.4. The third kappa shape index (κ3) is 2.66. The molecule has 0 radical (unpaired) electrons. The molecule has 1 unspecified atom stereocenters. The maximum atomic E-state index is 12.4. The van der Waals surface area contributed by atoms with Crippen LogP contribution >= 0.6 is 11.6 Å². The third-order valence-electron chi connectivity index (χ3n) is 3.89. The Labute approximate surface area is 123 Å². The van der Waals surface area contributed by atoms with E-state index in [2.05, 4.69) is 5.32 Å². The molecule has 3 rings (SSSR count). The lowest BCUT2D eigenvalue weighted by molar-refractivity contribution is -0.145. The van der Waals surface area contributed by atoms with E-state index >= 15 is 0 Å². The molecule has 5 heteroatoms. The van der Waals surface area contributed by atoms with Gasteiger partial charge in [-0.05, 0) is 42.9 Å². The van der Waals surface area contributed by atoms with E-state index < -0.39 is 0 Å². The first-order chi connectivity index (χ1) is 9.54. The SMILES string of the molecule is Cc1ccc(CN2CC(=O)NC(C3CC3)C2=O)c(Cl)c1. The van der Waals surface area contributed by atoms with Gasteiger partial charge in [-0.2, -0.15) is 0 Å². The van der Waals surface area contributed by atoms with Crippen molar-refractivity contribution in [3.63, 3.8) is 0 Å². The third-order valence-corrected chi connectivity index (χ3v) is 4.24. The van der Waals surface area contributed by atoms with Crippen molar-refractivity contribution in [3.8, 4) is 0 Å². The van der Waals surface area contributed by atoms with E-state index in [1.807, 2.05) is 25.1 Å². The molecule has 1 aromatic rings. The molecule has 4 nitrogen and oxygen atoms in total. The monoisotopic (exact) mass is 292 g/mol. The smallest absolute Gasteiger partial charge is 0.246 e. The fraction of sp³-hybridized carbons (Fsp3) is 0.467. The summed E-state index contributed by atoms with van der Waals surface area (Å²) in [7, 11) is 0. The van der Waals surface area contributed by atoms with Gasteiger partial charge in [0.1, 0.15) is 6.04 Å². The van der Waals surface area contributed by atoms with Crippen molar-refractivity contribution in [3.05, 3.63) is 34.3 Å². The molecule has 0 spiro atoms. The molecule has 1 aliphatic carbocycles. The van der Waals surface area contributed by atoms with Crippen LogP contribution < -0.4 is 5.32 Å². The van der Waals surface area contributed by atoms with E-state index in [1.165, 1.54) is 0 Å². The second-order valence-corrected chi connectivity index (χ2v) is 6.08. The number of piperazine rings is 1. The Kier molecular flexibility index (Phi) is 3.42. The standard InChI is InChI=1S/C15H17ClN2O2/c1-9-2-3-11(12(16)6-9)7-18-8-13(19)17-14(15(18)20)10-4-5-10/h2-3,6,10,14H,4-5,7-8H2,1H3,(H,17,19). The Morgan fingerprint density at radius 2 is 2.10 bits per heavy atom. The summed E-state index contributed by atoms with van der Waals surface area (Å²) in [4.78, 5) is 25.8. The lowest BCUT2D eigenvalue weighted by Crippen LogP contribution is -2.58. The van der Waals surface area contributed by atoms with Crippen LogP contribution in [0.2, 0.25) is 5.02 Å². The van der Waals surface area contributed by atoms with Crippen LogP contribution in [-0.4, -0.2) is 29.3 Å². The summed E-state index contributed by atoms with van der Waals surface area (Å²) in [5.74, 6) is 0.260. The predicted molar refractivity (Wildman–Crippen MR) is 76.3 cm³/mol. The first-order valence-electron chi connectivity index (χ1n) is 6.88. The average molecular weight is 293 g/mol. The van der Waals surface area contributed by atoms with Gasteiger partial charge in [-0.3, -0.25) is 9.59 Å². The van der Waals surface area contributed by atoms with Crippen LogP contribution in [0.1, 0.15) is 24.0 Å². The highest BCUT2D eigenvalue weighted by Gasteiger charge is 2.42. The van der Waals surface area contributed by atoms with E-state index in [1.54, 1.807) is 4.90 Å². The highest BCUT2D eigenvalue weighted by Crippen LogP contribution is 2.34. The number of rotatable bonds is 3. The molecule has 1 N–H and O–H groups in total. The number of halogens is 1. The van der Waals surface area contributed by atoms with E-state index in [4.69, 9.17) is 11.6 Å². The van der Waals surface area contributed by atoms with E-state index in [0.717, 1.165) is 24.0 Å². The summed E-state index contributed by atoms with van der Waals surface area (Å²) in [6.45, 7) is 2.49. The Balaban J connectivity index is 1.78. The first kappa shape index (κ1) is 13.4. The Morgan fingerprint density at radius 3 is 2.75 bits per heavy atom. The topological polar surface area (TPSA) is 49.4 Å². The number of amides is 2. The Bertz CT molecular complexity index is 569. The molecule has 2 amide bonds. The van der Waals surface area contributed by atoms with Crippen molar-refractivity contribution < 1.29 is 9.59 Å². The molecule has 1 aromatic carbocycles. The molecule has 1 saturated heterocycles. The van der Waals surface area contributed by atoms with Crippen molar-refractivity contribution in [2.75, 3.05) is 6.54 Å². The number of carbonyl (C=O) groups is 2. The molecule has 2 aliphatic rings. The van der Waals surface area contributed by atoms with Gasteiger partial charge in [0.25, 0.3) is 0 Å². The van der Waals surface area contributed by atoms with Gasteiger partial charge in [-0.15, -0.1) is 0 Å². The van der Waals surface area contributed by atoms with Crippen LogP contribution in [0.25, 0.3) is 0 Å². The van der Waals surface area contributed by atoms with Crippen LogP contribution in [0.15, 0.2) is 18.2 Å². The minimum Gasteiger partial charge on any atom is -0.342 e. The van der Waals surface area contributed by atoms with Crippen LogP contribution in [0.3, 0.4) is 0 Å². The molecule has 106 valence electrons. The Hall–Kier alpha value is -1.55. The maximum Gasteiger partial charge on any atom is 0.246 e. The summed E-state index contributed by atoms with van der Waals surface area (Å²) in [6.07, 6.45) is 2.05. The fourth-order valence-corrected chi connectivity index (χ4v) is 2.89. The number of nitrogens with zero attached hydrogens (tertiary/aromatic N) is 1. The normalized spacial score (nSPS) is 22.9. The molecule has 0 bridgehead atoms. The molecule has 20 heavy (non-hydrogen) atoms. The number of nitrogens with one attached hydrogen (secondary N) is 1. The molecular weight excluding hydrogens is 276 g/mol. The number of hydrogen-bond donors (Lipinski definition) is 1. The van der Waals surface area contributed by atoms with Crippen LogP contribution in [-0.2, 0) is 16.1 Å². The second-order valence-electron chi connectivity index (χ2n) is 5.67. The summed E-state index contributed by atoms with van der Waals surface area (Å²) in [6, 6.07) is 5.43. The van der Waals surface area contributed by atoms with Gasteiger partial charge in [0.2, 0.25) is 11.8 Å². The number of benzene rings is 1. The summed E-state index contributed by atoms with van der Waals surface area (Å²) in [5, 5.41) is 3.45. The Morgan fingerprint density at radius 1 is 1.35 bits per heavy atom. The van der Waals surface area contributed by atoms with Gasteiger partial charge < -0.3 is 10.2 Å². The zero-order chi connectivity index (χ0) is 14.3. The van der Waals surface area contributed by atoms with Crippen molar-refractivity contribution in [1.29, 1.82) is 0 Å². The summed E-state index contributed by atoms with van der Waals surface area (Å²) < 4.78 is 0. The van der Waals surface area contributed by atoms with Crippen molar-refractivity contribution in [1.82, 2.24) is 10.2 Å². The minimum atomic E-state index is -0.333. The average Bonchev–Trinajstić information content (AvgIpc) is 3.21. The number of hydrogen-bond acceptors (Lipinski definition) is 2. The van der Waals surface area contributed by atoms with Crippen molar-refractivity contribution in [2.45, 2.75) is 32.4 Å². The van der Waals surface area contributed by atoms with E-state index in [-0.39, 0.29) is 24.4 Å². The van der Waals surface area contributed by atoms with Crippen molar-refractivity contribution >= 4 is 23.4 Å². The highest BCUT2D eigenvalue weighted by atomic mass is 35.5. The van der Waals surface area contributed by atoms with Crippen molar-refractivity contribution in [2.24, 2.45) is 5.92 Å². The molecular formula is C15H17ClN2O2. The first-order valence-corrected chi connectivity index (χ1v) is 7.25. The van der Waals surface area contributed by atoms with Gasteiger partial charge in [0.15, 0.2) is 0 Å². The zero-order valence-corrected chi connectivity index (χ0v) is 12.1. The number of carbonyl (C=O) groups excluding carboxylic acids is 2. The molecule has 1 aliphatic heterocycles. The maximum absolute atomic E-state index is 12.4. The van der Waals surface area contributed by atoms with Gasteiger partial charge in [0, 0.05) is 11.6 Å². The van der Waals surface area contributed by atoms with Gasteiger partial charge >= 0.3 is 0 Å². The van der Waals surface area contributed by atoms with Gasteiger partial charge in [0.05, 0.1) is 6.54 Å². The highest BCUT2D eigenvalue weighted by molar-refractivity contribution is 6.31. The van der Waals surface area contributed by atoms with Crippen LogP contribution in [0, 0.1) is 12.8 Å². The quantitative estimate of drug-likeness (QED) is 0.925. The van der Waals surface area contributed by atoms with Crippen LogP contribution in [0.5, 0.6) is 0 Å². The summed E-state index contributed by atoms with van der Waals surface area (Å²) in [5.41, 5.74) is 1.96. The molecule has 0 aromatic heterocycles. The molecule has 1 saturated carbocycles. The lowest BCUT2D eigenvalue weighted by atomic mass is 10.1. The fourth-order valence-electron chi connectivity index (χ4n) is 2.60. The minimum absolute atomic E-state index is 0.0174. The molecule has 2 fully saturated rings. The molecule has 1 heterocycles.